The van der Waals surface area contributed by atoms with Crippen LogP contribution >= 0.6 is 11.8 Å². The standard InChI is InChI=1S/C19H21NS/c1-19-12-6-5-9-16(19)17-14-8-4-3-7-13(14)10-11-15(17)18(20-19)21-2/h3-4,7-8,10-11,16H,5-6,9,12H2,1-2H3/t16-,19+/m1/s1. The number of nitrogens with zero attached hydrogens (tertiary/aromatic N) is 1. The van der Waals surface area contributed by atoms with Crippen LogP contribution in [0, 0.1) is 0 Å². The predicted octanol–water partition coefficient (Wildman–Crippen LogP) is 5.38. The van der Waals surface area contributed by atoms with E-state index in [1.807, 2.05) is 0 Å². The maximum absolute atomic E-state index is 5.18. The van der Waals surface area contributed by atoms with Gasteiger partial charge in [0.1, 0.15) is 0 Å². The van der Waals surface area contributed by atoms with Crippen LogP contribution in [0.25, 0.3) is 10.8 Å². The van der Waals surface area contributed by atoms with Gasteiger partial charge in [-0.1, -0.05) is 49.2 Å². The topological polar surface area (TPSA) is 12.4 Å². The zero-order valence-corrected chi connectivity index (χ0v) is 13.5. The average molecular weight is 295 g/mol. The summed E-state index contributed by atoms with van der Waals surface area (Å²) in [6.07, 6.45) is 7.32. The Morgan fingerprint density at radius 2 is 2.00 bits per heavy atom. The first kappa shape index (κ1) is 13.4. The van der Waals surface area contributed by atoms with Gasteiger partial charge in [-0.15, -0.1) is 11.8 Å². The highest BCUT2D eigenvalue weighted by atomic mass is 32.2. The molecule has 0 radical (unpaired) electrons. The summed E-state index contributed by atoms with van der Waals surface area (Å²) in [6.45, 7) is 2.37. The van der Waals surface area contributed by atoms with Crippen molar-refractivity contribution >= 4 is 27.6 Å². The Kier molecular flexibility index (Phi) is 3.11. The molecular weight excluding hydrogens is 274 g/mol. The van der Waals surface area contributed by atoms with E-state index < -0.39 is 0 Å². The van der Waals surface area contributed by atoms with E-state index in [2.05, 4.69) is 49.6 Å². The van der Waals surface area contributed by atoms with E-state index in [0.29, 0.717) is 5.92 Å². The average Bonchev–Trinajstić information content (AvgIpc) is 2.53. The molecule has 1 nitrogen and oxygen atoms in total. The first-order valence-electron chi connectivity index (χ1n) is 7.89. The minimum absolute atomic E-state index is 0.105. The molecule has 0 bridgehead atoms. The second-order valence-electron chi connectivity index (χ2n) is 6.52. The molecule has 2 aliphatic rings. The number of thioether (sulfide) groups is 1. The highest BCUT2D eigenvalue weighted by Crippen LogP contribution is 2.50. The Hall–Kier alpha value is -1.28. The van der Waals surface area contributed by atoms with Gasteiger partial charge in [-0.25, -0.2) is 0 Å². The third kappa shape index (κ3) is 1.96. The largest absolute Gasteiger partial charge is 0.271 e. The quantitative estimate of drug-likeness (QED) is 0.635. The number of rotatable bonds is 0. The lowest BCUT2D eigenvalue weighted by molar-refractivity contribution is 0.275. The van der Waals surface area contributed by atoms with E-state index >= 15 is 0 Å². The van der Waals surface area contributed by atoms with E-state index in [9.17, 15) is 0 Å². The highest BCUT2D eigenvalue weighted by Gasteiger charge is 2.42. The summed E-state index contributed by atoms with van der Waals surface area (Å²) in [5.41, 5.74) is 3.05. The van der Waals surface area contributed by atoms with Crippen molar-refractivity contribution in [2.45, 2.75) is 44.1 Å². The van der Waals surface area contributed by atoms with Gasteiger partial charge in [0.05, 0.1) is 10.6 Å². The summed E-state index contributed by atoms with van der Waals surface area (Å²) in [7, 11) is 0. The molecule has 0 amide bonds. The summed E-state index contributed by atoms with van der Waals surface area (Å²) in [5, 5.41) is 4.04. The molecule has 2 atom stereocenters. The molecule has 108 valence electrons. The Labute approximate surface area is 130 Å². The summed E-state index contributed by atoms with van der Waals surface area (Å²) in [5.74, 6) is 0.586. The summed E-state index contributed by atoms with van der Waals surface area (Å²) in [6, 6.07) is 13.4. The van der Waals surface area contributed by atoms with Gasteiger partial charge in [-0.05, 0) is 42.4 Å². The van der Waals surface area contributed by atoms with Crippen molar-refractivity contribution in [2.24, 2.45) is 4.99 Å². The molecule has 0 spiro atoms. The van der Waals surface area contributed by atoms with Gasteiger partial charge in [0.25, 0.3) is 0 Å². The lowest BCUT2D eigenvalue weighted by Gasteiger charge is -2.43. The molecular formula is C19H21NS. The van der Waals surface area contributed by atoms with Crippen LogP contribution in [0.15, 0.2) is 41.4 Å². The first-order chi connectivity index (χ1) is 10.2. The smallest absolute Gasteiger partial charge is 0.0984 e. The fraction of sp³-hybridized carbons (Fsp3) is 0.421. The number of benzene rings is 2. The zero-order chi connectivity index (χ0) is 14.4. The third-order valence-corrected chi connectivity index (χ3v) is 5.97. The monoisotopic (exact) mass is 295 g/mol. The number of aliphatic imine (C=N–C) groups is 1. The molecule has 1 heterocycles. The molecule has 0 N–H and O–H groups in total. The Morgan fingerprint density at radius 1 is 1.14 bits per heavy atom. The number of hydrogen-bond acceptors (Lipinski definition) is 2. The maximum atomic E-state index is 5.18. The fourth-order valence-electron chi connectivity index (χ4n) is 4.21. The minimum atomic E-state index is 0.105. The van der Waals surface area contributed by atoms with Crippen LogP contribution in [0.3, 0.4) is 0 Å². The second kappa shape index (κ2) is 4.88. The molecule has 2 heteroatoms. The van der Waals surface area contributed by atoms with E-state index in [0.717, 1.165) is 0 Å². The van der Waals surface area contributed by atoms with Crippen molar-refractivity contribution in [2.75, 3.05) is 6.26 Å². The minimum Gasteiger partial charge on any atom is -0.271 e. The van der Waals surface area contributed by atoms with Crippen molar-refractivity contribution in [1.29, 1.82) is 0 Å². The maximum Gasteiger partial charge on any atom is 0.0984 e. The summed E-state index contributed by atoms with van der Waals surface area (Å²) in [4.78, 5) is 5.18. The molecule has 21 heavy (non-hydrogen) atoms. The Bertz CT molecular complexity index is 733. The van der Waals surface area contributed by atoms with Gasteiger partial charge in [0.2, 0.25) is 0 Å². The van der Waals surface area contributed by atoms with Crippen LogP contribution in [0.1, 0.15) is 49.7 Å². The second-order valence-corrected chi connectivity index (χ2v) is 7.32. The molecule has 1 fully saturated rings. The van der Waals surface area contributed by atoms with Crippen LogP contribution < -0.4 is 0 Å². The van der Waals surface area contributed by atoms with Crippen LogP contribution in [0.5, 0.6) is 0 Å². The van der Waals surface area contributed by atoms with E-state index in [-0.39, 0.29) is 5.54 Å². The Balaban J connectivity index is 2.04. The third-order valence-electron chi connectivity index (χ3n) is 5.28. The van der Waals surface area contributed by atoms with Crippen LogP contribution in [-0.2, 0) is 0 Å². The van der Waals surface area contributed by atoms with Crippen LogP contribution in [0.2, 0.25) is 0 Å². The highest BCUT2D eigenvalue weighted by molar-refractivity contribution is 8.13. The zero-order valence-electron chi connectivity index (χ0n) is 12.7. The van der Waals surface area contributed by atoms with Gasteiger partial charge in [0, 0.05) is 11.5 Å². The van der Waals surface area contributed by atoms with Crippen molar-refractivity contribution in [3.8, 4) is 0 Å². The number of fused-ring (bicyclic) bond motifs is 5. The lowest BCUT2D eigenvalue weighted by Crippen LogP contribution is -2.38. The van der Waals surface area contributed by atoms with Gasteiger partial charge in [-0.3, -0.25) is 4.99 Å². The van der Waals surface area contributed by atoms with Crippen molar-refractivity contribution < 1.29 is 0 Å². The van der Waals surface area contributed by atoms with E-state index in [1.54, 1.807) is 17.3 Å². The number of hydrogen-bond donors (Lipinski definition) is 0. The van der Waals surface area contributed by atoms with Gasteiger partial charge >= 0.3 is 0 Å². The first-order valence-corrected chi connectivity index (χ1v) is 9.11. The molecule has 2 aromatic rings. The van der Waals surface area contributed by atoms with Gasteiger partial charge in [0.15, 0.2) is 0 Å². The predicted molar refractivity (Wildman–Crippen MR) is 93.6 cm³/mol. The molecule has 1 aliphatic heterocycles. The molecule has 2 aromatic carbocycles. The fourth-order valence-corrected chi connectivity index (χ4v) is 4.91. The molecule has 0 aromatic heterocycles. The van der Waals surface area contributed by atoms with Gasteiger partial charge in [-0.2, -0.15) is 0 Å². The normalized spacial score (nSPS) is 27.9. The molecule has 4 rings (SSSR count). The summed E-state index contributed by atoms with van der Waals surface area (Å²) >= 11 is 1.80. The lowest BCUT2D eigenvalue weighted by atomic mass is 9.67. The SMILES string of the molecule is CSC1=N[C@@]2(C)CCCC[C@@H]2c2c1ccc1ccccc21. The van der Waals surface area contributed by atoms with Crippen LogP contribution in [-0.4, -0.2) is 16.8 Å². The van der Waals surface area contributed by atoms with Crippen LogP contribution in [0.4, 0.5) is 0 Å². The van der Waals surface area contributed by atoms with E-state index in [4.69, 9.17) is 4.99 Å². The molecule has 0 unspecified atom stereocenters. The molecule has 1 aliphatic carbocycles. The Morgan fingerprint density at radius 3 is 2.86 bits per heavy atom. The van der Waals surface area contributed by atoms with Gasteiger partial charge < -0.3 is 0 Å². The summed E-state index contributed by atoms with van der Waals surface area (Å²) < 4.78 is 0. The van der Waals surface area contributed by atoms with Crippen molar-refractivity contribution in [1.82, 2.24) is 0 Å². The molecule has 0 saturated heterocycles. The molecule has 1 saturated carbocycles. The van der Waals surface area contributed by atoms with E-state index in [1.165, 1.54) is 47.1 Å². The van der Waals surface area contributed by atoms with Crippen molar-refractivity contribution in [3.63, 3.8) is 0 Å². The van der Waals surface area contributed by atoms with Crippen molar-refractivity contribution in [3.05, 3.63) is 47.5 Å².